The van der Waals surface area contributed by atoms with Crippen LogP contribution in [0.25, 0.3) is 16.7 Å². The number of benzene rings is 1. The van der Waals surface area contributed by atoms with Gasteiger partial charge in [0.05, 0.1) is 0 Å². The number of fused-ring (bicyclic) bond motifs is 1. The molecule has 0 N–H and O–H groups in total. The van der Waals surface area contributed by atoms with E-state index in [2.05, 4.69) is 20.9 Å². The Morgan fingerprint density at radius 3 is 2.53 bits per heavy atom. The summed E-state index contributed by atoms with van der Waals surface area (Å²) in [6.45, 7) is 0. The number of hydrogen-bond acceptors (Lipinski definition) is 1. The molecular weight excluding hydrogens is 283 g/mol. The van der Waals surface area contributed by atoms with Gasteiger partial charge in [-0.1, -0.05) is 0 Å². The molecule has 0 atom stereocenters. The quantitative estimate of drug-likeness (QED) is 0.621. The summed E-state index contributed by atoms with van der Waals surface area (Å²) in [6, 6.07) is 12.2. The van der Waals surface area contributed by atoms with Gasteiger partial charge in [-0.25, -0.2) is 9.37 Å². The Balaban J connectivity index is 2.23. The fraction of sp³-hybridized carbons (Fsp3) is 0. The lowest BCUT2D eigenvalue weighted by atomic mass is 10.3. The fourth-order valence-electron chi connectivity index (χ4n) is 1.79. The van der Waals surface area contributed by atoms with Crippen LogP contribution in [-0.4, -0.2) is 9.55 Å². The predicted molar refractivity (Wildman–Crippen MR) is 68.7 cm³/mol. The van der Waals surface area contributed by atoms with E-state index in [1.54, 1.807) is 12.1 Å². The van der Waals surface area contributed by atoms with Crippen molar-refractivity contribution in [1.29, 1.82) is 0 Å². The summed E-state index contributed by atoms with van der Waals surface area (Å²) >= 11 is 3.35. The van der Waals surface area contributed by atoms with Gasteiger partial charge in [-0.05, 0) is 58.4 Å². The zero-order valence-corrected chi connectivity index (χ0v) is 10.4. The number of hydrogen-bond donors (Lipinski definition) is 0. The van der Waals surface area contributed by atoms with E-state index < -0.39 is 0 Å². The molecule has 1 aromatic carbocycles. The summed E-state index contributed by atoms with van der Waals surface area (Å²) in [5, 5.41) is 1.05. The molecule has 4 heteroatoms. The zero-order valence-electron chi connectivity index (χ0n) is 8.77. The zero-order chi connectivity index (χ0) is 11.8. The molecule has 0 aliphatic carbocycles. The van der Waals surface area contributed by atoms with Crippen molar-refractivity contribution in [3.63, 3.8) is 0 Å². The molecule has 0 radical (unpaired) electrons. The van der Waals surface area contributed by atoms with Crippen molar-refractivity contribution in [1.82, 2.24) is 9.55 Å². The minimum atomic E-state index is -0.237. The van der Waals surface area contributed by atoms with Crippen LogP contribution < -0.4 is 0 Å². The minimum Gasteiger partial charge on any atom is -0.301 e. The lowest BCUT2D eigenvalue weighted by Crippen LogP contribution is -1.93. The topological polar surface area (TPSA) is 17.8 Å². The van der Waals surface area contributed by atoms with Crippen molar-refractivity contribution in [3.05, 3.63) is 59.1 Å². The van der Waals surface area contributed by atoms with Gasteiger partial charge in [0.1, 0.15) is 16.1 Å². The maximum atomic E-state index is 12.9. The van der Waals surface area contributed by atoms with E-state index in [4.69, 9.17) is 0 Å². The molecule has 2 nitrogen and oxygen atoms in total. The SMILES string of the molecule is Fc1ccc(-n2ccc3ccc(Br)nc32)cc1. The van der Waals surface area contributed by atoms with Gasteiger partial charge < -0.3 is 4.57 Å². The number of pyridine rings is 1. The second-order valence-corrected chi connectivity index (χ2v) is 4.52. The van der Waals surface area contributed by atoms with Crippen molar-refractivity contribution in [2.45, 2.75) is 0 Å². The Morgan fingerprint density at radius 2 is 1.76 bits per heavy atom. The normalized spacial score (nSPS) is 10.9. The van der Waals surface area contributed by atoms with E-state index >= 15 is 0 Å². The van der Waals surface area contributed by atoms with Crippen LogP contribution in [0.4, 0.5) is 4.39 Å². The first-order valence-corrected chi connectivity index (χ1v) is 5.93. The van der Waals surface area contributed by atoms with Crippen LogP contribution in [0.5, 0.6) is 0 Å². The van der Waals surface area contributed by atoms with Crippen LogP contribution in [-0.2, 0) is 0 Å². The lowest BCUT2D eigenvalue weighted by Gasteiger charge is -2.04. The Kier molecular flexibility index (Phi) is 2.44. The molecule has 0 aliphatic rings. The lowest BCUT2D eigenvalue weighted by molar-refractivity contribution is 0.627. The molecule has 0 saturated carbocycles. The van der Waals surface area contributed by atoms with Gasteiger partial charge in [0.25, 0.3) is 0 Å². The summed E-state index contributed by atoms with van der Waals surface area (Å²) in [5.41, 5.74) is 1.75. The second kappa shape index (κ2) is 3.96. The van der Waals surface area contributed by atoms with Crippen LogP contribution in [0.1, 0.15) is 0 Å². The highest BCUT2D eigenvalue weighted by Crippen LogP contribution is 2.21. The van der Waals surface area contributed by atoms with Crippen molar-refractivity contribution in [2.75, 3.05) is 0 Å². The van der Waals surface area contributed by atoms with E-state index in [1.807, 2.05) is 29.0 Å². The van der Waals surface area contributed by atoms with Crippen LogP contribution in [0.15, 0.2) is 53.3 Å². The summed E-state index contributed by atoms with van der Waals surface area (Å²) < 4.78 is 15.6. The standard InChI is InChI=1S/C13H8BrFN2/c14-12-6-1-9-7-8-17(13(9)16-12)11-4-2-10(15)3-5-11/h1-8H. The first-order valence-electron chi connectivity index (χ1n) is 5.13. The molecule has 0 bridgehead atoms. The molecule has 2 aromatic heterocycles. The molecule has 3 rings (SSSR count). The molecule has 0 unspecified atom stereocenters. The second-order valence-electron chi connectivity index (χ2n) is 3.71. The average Bonchev–Trinajstić information content (AvgIpc) is 2.73. The Labute approximate surface area is 106 Å². The van der Waals surface area contributed by atoms with Crippen molar-refractivity contribution < 1.29 is 4.39 Å². The highest BCUT2D eigenvalue weighted by molar-refractivity contribution is 9.10. The smallest absolute Gasteiger partial charge is 0.145 e. The summed E-state index contributed by atoms with van der Waals surface area (Å²) in [4.78, 5) is 4.42. The average molecular weight is 291 g/mol. The molecule has 0 aliphatic heterocycles. The Morgan fingerprint density at radius 1 is 1.00 bits per heavy atom. The van der Waals surface area contributed by atoms with E-state index in [0.29, 0.717) is 0 Å². The highest BCUT2D eigenvalue weighted by atomic mass is 79.9. The van der Waals surface area contributed by atoms with Crippen molar-refractivity contribution in [2.24, 2.45) is 0 Å². The van der Waals surface area contributed by atoms with E-state index in [0.717, 1.165) is 21.3 Å². The summed E-state index contributed by atoms with van der Waals surface area (Å²) in [6.07, 6.45) is 1.93. The molecule has 17 heavy (non-hydrogen) atoms. The van der Waals surface area contributed by atoms with Gasteiger partial charge in [-0.3, -0.25) is 0 Å². The van der Waals surface area contributed by atoms with Crippen LogP contribution >= 0.6 is 15.9 Å². The number of halogens is 2. The van der Waals surface area contributed by atoms with Gasteiger partial charge in [-0.15, -0.1) is 0 Å². The van der Waals surface area contributed by atoms with E-state index in [1.165, 1.54) is 12.1 Å². The van der Waals surface area contributed by atoms with Gasteiger partial charge in [-0.2, -0.15) is 0 Å². The first-order chi connectivity index (χ1) is 8.24. The Hall–Kier alpha value is -1.68. The van der Waals surface area contributed by atoms with Crippen LogP contribution in [0.3, 0.4) is 0 Å². The molecule has 84 valence electrons. The molecule has 0 spiro atoms. The molecular formula is C13H8BrFN2. The maximum Gasteiger partial charge on any atom is 0.145 e. The van der Waals surface area contributed by atoms with Gasteiger partial charge >= 0.3 is 0 Å². The number of rotatable bonds is 1. The third kappa shape index (κ3) is 1.85. The Bertz CT molecular complexity index is 673. The molecule has 2 heterocycles. The summed E-state index contributed by atoms with van der Waals surface area (Å²) in [5.74, 6) is -0.237. The van der Waals surface area contributed by atoms with Gasteiger partial charge in [0.15, 0.2) is 0 Å². The number of aromatic nitrogens is 2. The first kappa shape index (κ1) is 10.5. The monoisotopic (exact) mass is 290 g/mol. The van der Waals surface area contributed by atoms with Gasteiger partial charge in [0, 0.05) is 17.3 Å². The summed E-state index contributed by atoms with van der Waals surface area (Å²) in [7, 11) is 0. The van der Waals surface area contributed by atoms with Gasteiger partial charge in [0.2, 0.25) is 0 Å². The predicted octanol–water partition coefficient (Wildman–Crippen LogP) is 3.93. The van der Waals surface area contributed by atoms with Crippen LogP contribution in [0, 0.1) is 5.82 Å². The maximum absolute atomic E-state index is 12.9. The third-order valence-corrected chi connectivity index (χ3v) is 3.05. The van der Waals surface area contributed by atoms with Crippen LogP contribution in [0.2, 0.25) is 0 Å². The highest BCUT2D eigenvalue weighted by Gasteiger charge is 2.05. The van der Waals surface area contributed by atoms with E-state index in [9.17, 15) is 4.39 Å². The van der Waals surface area contributed by atoms with Crippen molar-refractivity contribution in [3.8, 4) is 5.69 Å². The fourth-order valence-corrected chi connectivity index (χ4v) is 2.09. The van der Waals surface area contributed by atoms with Crippen molar-refractivity contribution >= 4 is 27.0 Å². The largest absolute Gasteiger partial charge is 0.301 e. The molecule has 3 aromatic rings. The molecule has 0 fully saturated rings. The van der Waals surface area contributed by atoms with E-state index in [-0.39, 0.29) is 5.82 Å². The molecule has 0 saturated heterocycles. The minimum absolute atomic E-state index is 0.237. The number of nitrogens with zero attached hydrogens (tertiary/aromatic N) is 2. The third-order valence-electron chi connectivity index (χ3n) is 2.61. The molecule has 0 amide bonds.